The van der Waals surface area contributed by atoms with Gasteiger partial charge in [0.1, 0.15) is 0 Å². The summed E-state index contributed by atoms with van der Waals surface area (Å²) in [6, 6.07) is 5.65. The average molecular weight is 267 g/mol. The van der Waals surface area contributed by atoms with Crippen molar-refractivity contribution in [1.82, 2.24) is 4.31 Å². The number of hydrogen-bond acceptors (Lipinski definition) is 2. The number of hydrogen-bond donors (Lipinski definition) is 1. The van der Waals surface area contributed by atoms with Crippen molar-refractivity contribution in [2.75, 3.05) is 26.2 Å². The van der Waals surface area contributed by atoms with Crippen LogP contribution in [0.3, 0.4) is 0 Å². The summed E-state index contributed by atoms with van der Waals surface area (Å²) in [6.07, 6.45) is 3.26. The third kappa shape index (κ3) is 2.06. The van der Waals surface area contributed by atoms with Crippen LogP contribution in [0.1, 0.15) is 17.5 Å². The minimum absolute atomic E-state index is 0.477. The summed E-state index contributed by atoms with van der Waals surface area (Å²) in [7, 11) is -3.27. The zero-order valence-electron chi connectivity index (χ0n) is 10.4. The molecule has 1 saturated heterocycles. The quantitative estimate of drug-likeness (QED) is 0.803. The molecular weight excluding hydrogens is 248 g/mol. The van der Waals surface area contributed by atoms with E-state index in [1.165, 1.54) is 11.1 Å². The van der Waals surface area contributed by atoms with Crippen molar-refractivity contribution in [1.29, 1.82) is 0 Å². The van der Waals surface area contributed by atoms with E-state index in [2.05, 4.69) is 5.32 Å². The van der Waals surface area contributed by atoms with Crippen molar-refractivity contribution in [3.05, 3.63) is 29.3 Å². The van der Waals surface area contributed by atoms with E-state index in [1.54, 1.807) is 10.4 Å². The monoisotopic (exact) mass is 267 g/mol. The normalized spacial score (nSPS) is 20.9. The Hall–Kier alpha value is -0.910. The molecule has 1 fully saturated rings. The van der Waals surface area contributed by atoms with Crippen LogP contribution in [0.15, 0.2) is 23.1 Å². The summed E-state index contributed by atoms with van der Waals surface area (Å²) < 4.78 is 26.6. The molecular formula is C13H19N2O2S+. The number of fused-ring (bicyclic) bond motifs is 1. The molecule has 98 valence electrons. The standard InChI is InChI=1S/C13H18N2O2S/c16-18(17,15-8-6-14-7-9-15)13-5-4-11-2-1-3-12(11)10-13/h4-5,10,14H,1-3,6-9H2/p+1. The van der Waals surface area contributed by atoms with Crippen LogP contribution in [0.2, 0.25) is 0 Å². The molecule has 1 aliphatic carbocycles. The Bertz CT molecular complexity index is 548. The molecule has 1 aromatic rings. The fourth-order valence-electron chi connectivity index (χ4n) is 2.82. The maximum absolute atomic E-state index is 12.5. The van der Waals surface area contributed by atoms with Gasteiger partial charge in [-0.25, -0.2) is 8.42 Å². The van der Waals surface area contributed by atoms with Crippen molar-refractivity contribution in [3.63, 3.8) is 0 Å². The van der Waals surface area contributed by atoms with Crippen molar-refractivity contribution in [3.8, 4) is 0 Å². The molecule has 0 aromatic heterocycles. The molecule has 18 heavy (non-hydrogen) atoms. The van der Waals surface area contributed by atoms with E-state index in [0.29, 0.717) is 18.0 Å². The molecule has 0 bridgehead atoms. The summed E-state index contributed by atoms with van der Waals surface area (Å²) in [5.41, 5.74) is 2.54. The highest BCUT2D eigenvalue weighted by Crippen LogP contribution is 2.26. The Balaban J connectivity index is 1.93. The second kappa shape index (κ2) is 4.64. The van der Waals surface area contributed by atoms with Crippen LogP contribution in [0, 0.1) is 0 Å². The van der Waals surface area contributed by atoms with Gasteiger partial charge >= 0.3 is 0 Å². The second-order valence-corrected chi connectivity index (χ2v) is 6.99. The van der Waals surface area contributed by atoms with Gasteiger partial charge in [-0.05, 0) is 42.5 Å². The highest BCUT2D eigenvalue weighted by atomic mass is 32.2. The zero-order chi connectivity index (χ0) is 12.6. The average Bonchev–Trinajstić information content (AvgIpc) is 2.87. The number of aryl methyl sites for hydroxylation is 2. The van der Waals surface area contributed by atoms with Crippen LogP contribution < -0.4 is 5.32 Å². The molecule has 2 N–H and O–H groups in total. The SMILES string of the molecule is O=S(=O)(c1ccc2c(c1)CCC2)N1CC[NH2+]CC1. The van der Waals surface area contributed by atoms with Crippen LogP contribution >= 0.6 is 0 Å². The van der Waals surface area contributed by atoms with Gasteiger partial charge in [0, 0.05) is 0 Å². The third-order valence-electron chi connectivity index (χ3n) is 3.87. The molecule has 3 rings (SSSR count). The lowest BCUT2D eigenvalue weighted by atomic mass is 10.1. The molecule has 2 aliphatic rings. The molecule has 1 aromatic carbocycles. The predicted octanol–water partition coefficient (Wildman–Crippen LogP) is -0.257. The maximum atomic E-state index is 12.5. The van der Waals surface area contributed by atoms with Gasteiger partial charge in [0.2, 0.25) is 10.0 Å². The minimum Gasteiger partial charge on any atom is -0.344 e. The van der Waals surface area contributed by atoms with E-state index in [4.69, 9.17) is 0 Å². The Labute approximate surface area is 108 Å². The molecule has 1 aliphatic heterocycles. The van der Waals surface area contributed by atoms with E-state index in [1.807, 2.05) is 12.1 Å². The van der Waals surface area contributed by atoms with Crippen LogP contribution in [0.4, 0.5) is 0 Å². The number of benzene rings is 1. The Kier molecular flexibility index (Phi) is 3.13. The number of rotatable bonds is 2. The third-order valence-corrected chi connectivity index (χ3v) is 5.77. The Morgan fingerprint density at radius 2 is 1.78 bits per heavy atom. The van der Waals surface area contributed by atoms with E-state index >= 15 is 0 Å². The molecule has 0 saturated carbocycles. The summed E-state index contributed by atoms with van der Waals surface area (Å²) in [5, 5.41) is 2.16. The molecule has 0 unspecified atom stereocenters. The summed E-state index contributed by atoms with van der Waals surface area (Å²) >= 11 is 0. The lowest BCUT2D eigenvalue weighted by Gasteiger charge is -2.24. The minimum atomic E-state index is -3.27. The highest BCUT2D eigenvalue weighted by molar-refractivity contribution is 7.89. The van der Waals surface area contributed by atoms with Gasteiger partial charge in [-0.15, -0.1) is 0 Å². The van der Waals surface area contributed by atoms with Crippen LogP contribution in [0.5, 0.6) is 0 Å². The first-order chi connectivity index (χ1) is 8.68. The first-order valence-corrected chi connectivity index (χ1v) is 8.05. The van der Waals surface area contributed by atoms with Gasteiger partial charge in [-0.3, -0.25) is 0 Å². The van der Waals surface area contributed by atoms with E-state index < -0.39 is 10.0 Å². The lowest BCUT2D eigenvalue weighted by Crippen LogP contribution is -2.89. The van der Waals surface area contributed by atoms with Crippen molar-refractivity contribution < 1.29 is 13.7 Å². The van der Waals surface area contributed by atoms with Gasteiger partial charge in [-0.2, -0.15) is 4.31 Å². The number of nitrogens with zero attached hydrogens (tertiary/aromatic N) is 1. The van der Waals surface area contributed by atoms with E-state index in [0.717, 1.165) is 32.4 Å². The van der Waals surface area contributed by atoms with Crippen LogP contribution in [-0.4, -0.2) is 38.9 Å². The number of quaternary nitrogens is 1. The number of piperazine rings is 1. The largest absolute Gasteiger partial charge is 0.344 e. The van der Waals surface area contributed by atoms with Crippen LogP contribution in [-0.2, 0) is 22.9 Å². The maximum Gasteiger partial charge on any atom is 0.243 e. The summed E-state index contributed by atoms with van der Waals surface area (Å²) in [5.74, 6) is 0. The number of sulfonamides is 1. The topological polar surface area (TPSA) is 54.0 Å². The molecule has 0 amide bonds. The van der Waals surface area contributed by atoms with Crippen molar-refractivity contribution in [2.24, 2.45) is 0 Å². The molecule has 4 nitrogen and oxygen atoms in total. The predicted molar refractivity (Wildman–Crippen MR) is 68.9 cm³/mol. The number of nitrogens with two attached hydrogens (primary N) is 1. The van der Waals surface area contributed by atoms with Gasteiger partial charge in [0.25, 0.3) is 0 Å². The molecule has 0 atom stereocenters. The Morgan fingerprint density at radius 1 is 1.06 bits per heavy atom. The zero-order valence-corrected chi connectivity index (χ0v) is 11.2. The van der Waals surface area contributed by atoms with Gasteiger partial charge in [0.15, 0.2) is 0 Å². The molecule has 5 heteroatoms. The van der Waals surface area contributed by atoms with Crippen molar-refractivity contribution >= 4 is 10.0 Å². The van der Waals surface area contributed by atoms with Crippen molar-refractivity contribution in [2.45, 2.75) is 24.2 Å². The molecule has 1 heterocycles. The van der Waals surface area contributed by atoms with E-state index in [-0.39, 0.29) is 0 Å². The van der Waals surface area contributed by atoms with E-state index in [9.17, 15) is 8.42 Å². The fraction of sp³-hybridized carbons (Fsp3) is 0.538. The van der Waals surface area contributed by atoms with Gasteiger partial charge < -0.3 is 5.32 Å². The lowest BCUT2D eigenvalue weighted by molar-refractivity contribution is -0.661. The first-order valence-electron chi connectivity index (χ1n) is 6.61. The fourth-order valence-corrected chi connectivity index (χ4v) is 4.35. The van der Waals surface area contributed by atoms with Gasteiger partial charge in [-0.1, -0.05) is 6.07 Å². The molecule has 0 radical (unpaired) electrons. The first kappa shape index (κ1) is 12.1. The molecule has 0 spiro atoms. The smallest absolute Gasteiger partial charge is 0.243 e. The highest BCUT2D eigenvalue weighted by Gasteiger charge is 2.28. The summed E-state index contributed by atoms with van der Waals surface area (Å²) in [4.78, 5) is 0.477. The Morgan fingerprint density at radius 3 is 2.56 bits per heavy atom. The summed E-state index contributed by atoms with van der Waals surface area (Å²) in [6.45, 7) is 2.98. The van der Waals surface area contributed by atoms with Crippen LogP contribution in [0.25, 0.3) is 0 Å². The van der Waals surface area contributed by atoms with Gasteiger partial charge in [0.05, 0.1) is 31.1 Å². The second-order valence-electron chi connectivity index (χ2n) is 5.05.